The van der Waals surface area contributed by atoms with E-state index in [0.29, 0.717) is 6.42 Å². The van der Waals surface area contributed by atoms with Crippen molar-refractivity contribution in [1.29, 1.82) is 0 Å². The third-order valence-electron chi connectivity index (χ3n) is 2.52. The number of aryl methyl sites for hydroxylation is 1. The molecule has 0 unspecified atom stereocenters. The molecule has 1 heterocycles. The minimum absolute atomic E-state index is 0.0603. The lowest BCUT2D eigenvalue weighted by Crippen LogP contribution is -2.11. The van der Waals surface area contributed by atoms with Crippen LogP contribution >= 0.6 is 0 Å². The average molecular weight is 235 g/mol. The lowest BCUT2D eigenvalue weighted by molar-refractivity contribution is -0.116. The van der Waals surface area contributed by atoms with E-state index < -0.39 is 0 Å². The Bertz CT molecular complexity index is 352. The van der Waals surface area contributed by atoms with E-state index in [1.807, 2.05) is 13.0 Å². The molecule has 0 bridgehead atoms. The first kappa shape index (κ1) is 13.6. The largest absolute Gasteiger partial charge is 0.330 e. The third kappa shape index (κ3) is 6.02. The van der Waals surface area contributed by atoms with Gasteiger partial charge >= 0.3 is 0 Å². The maximum Gasteiger partial charge on any atom is 0.224 e. The SMILES string of the molecule is Cc1cncc(NC(=O)CCCCCCN)c1. The number of rotatable bonds is 7. The molecule has 1 amide bonds. The van der Waals surface area contributed by atoms with Crippen LogP contribution in [0.1, 0.15) is 37.7 Å². The van der Waals surface area contributed by atoms with Gasteiger partial charge in [0.05, 0.1) is 11.9 Å². The van der Waals surface area contributed by atoms with E-state index in [1.165, 1.54) is 0 Å². The van der Waals surface area contributed by atoms with Crippen LogP contribution in [0.2, 0.25) is 0 Å². The van der Waals surface area contributed by atoms with Crippen LogP contribution in [0.3, 0.4) is 0 Å². The molecule has 1 rings (SSSR count). The Kier molecular flexibility index (Phi) is 6.25. The summed E-state index contributed by atoms with van der Waals surface area (Å²) in [5.41, 5.74) is 7.22. The molecule has 4 heteroatoms. The number of hydrogen-bond acceptors (Lipinski definition) is 3. The highest BCUT2D eigenvalue weighted by molar-refractivity contribution is 5.90. The van der Waals surface area contributed by atoms with Crippen molar-refractivity contribution >= 4 is 11.6 Å². The quantitative estimate of drug-likeness (QED) is 0.712. The summed E-state index contributed by atoms with van der Waals surface area (Å²) in [4.78, 5) is 15.6. The first-order valence-electron chi connectivity index (χ1n) is 6.14. The minimum Gasteiger partial charge on any atom is -0.330 e. The van der Waals surface area contributed by atoms with Crippen LogP contribution in [0.5, 0.6) is 0 Å². The van der Waals surface area contributed by atoms with E-state index in [0.717, 1.165) is 43.5 Å². The van der Waals surface area contributed by atoms with Crippen LogP contribution < -0.4 is 11.1 Å². The van der Waals surface area contributed by atoms with E-state index in [4.69, 9.17) is 5.73 Å². The second-order valence-corrected chi connectivity index (χ2v) is 4.25. The van der Waals surface area contributed by atoms with Crippen LogP contribution in [0.4, 0.5) is 5.69 Å². The summed E-state index contributed by atoms with van der Waals surface area (Å²) < 4.78 is 0. The summed E-state index contributed by atoms with van der Waals surface area (Å²) in [6, 6.07) is 1.92. The van der Waals surface area contributed by atoms with Gasteiger partial charge < -0.3 is 11.1 Å². The molecule has 3 N–H and O–H groups in total. The Hall–Kier alpha value is -1.42. The van der Waals surface area contributed by atoms with Crippen molar-refractivity contribution in [3.8, 4) is 0 Å². The van der Waals surface area contributed by atoms with Gasteiger partial charge in [-0.05, 0) is 37.9 Å². The van der Waals surface area contributed by atoms with E-state index >= 15 is 0 Å². The number of aromatic nitrogens is 1. The van der Waals surface area contributed by atoms with Crippen LogP contribution in [0, 0.1) is 6.92 Å². The van der Waals surface area contributed by atoms with Crippen LogP contribution in [0.25, 0.3) is 0 Å². The number of pyridine rings is 1. The number of amides is 1. The lowest BCUT2D eigenvalue weighted by Gasteiger charge is -2.05. The zero-order valence-corrected chi connectivity index (χ0v) is 10.4. The number of unbranched alkanes of at least 4 members (excludes halogenated alkanes) is 3. The van der Waals surface area contributed by atoms with Crippen molar-refractivity contribution in [2.45, 2.75) is 39.0 Å². The fourth-order valence-electron chi connectivity index (χ4n) is 1.63. The first-order chi connectivity index (χ1) is 8.22. The van der Waals surface area contributed by atoms with Gasteiger partial charge in [-0.2, -0.15) is 0 Å². The third-order valence-corrected chi connectivity index (χ3v) is 2.52. The number of anilines is 1. The number of nitrogens with two attached hydrogens (primary N) is 1. The monoisotopic (exact) mass is 235 g/mol. The predicted molar refractivity (Wildman–Crippen MR) is 69.7 cm³/mol. The van der Waals surface area contributed by atoms with Crippen molar-refractivity contribution in [1.82, 2.24) is 4.98 Å². The van der Waals surface area contributed by atoms with E-state index in [-0.39, 0.29) is 5.91 Å². The molecule has 0 aliphatic rings. The molecule has 1 aromatic heterocycles. The molecule has 0 spiro atoms. The van der Waals surface area contributed by atoms with Gasteiger partial charge in [-0.3, -0.25) is 9.78 Å². The Balaban J connectivity index is 2.21. The van der Waals surface area contributed by atoms with Gasteiger partial charge in [0.1, 0.15) is 0 Å². The van der Waals surface area contributed by atoms with Gasteiger partial charge in [-0.1, -0.05) is 12.8 Å². The summed E-state index contributed by atoms with van der Waals surface area (Å²) in [6.45, 7) is 2.69. The van der Waals surface area contributed by atoms with Crippen LogP contribution in [0.15, 0.2) is 18.5 Å². The number of nitrogens with zero attached hydrogens (tertiary/aromatic N) is 1. The van der Waals surface area contributed by atoms with Crippen LogP contribution in [-0.2, 0) is 4.79 Å². The molecule has 0 saturated heterocycles. The molecule has 0 aliphatic carbocycles. The zero-order chi connectivity index (χ0) is 12.5. The van der Waals surface area contributed by atoms with Crippen molar-refractivity contribution in [3.63, 3.8) is 0 Å². The van der Waals surface area contributed by atoms with Gasteiger partial charge in [0.25, 0.3) is 0 Å². The lowest BCUT2D eigenvalue weighted by atomic mass is 10.1. The highest BCUT2D eigenvalue weighted by Crippen LogP contribution is 2.09. The maximum absolute atomic E-state index is 11.6. The highest BCUT2D eigenvalue weighted by Gasteiger charge is 2.02. The van der Waals surface area contributed by atoms with Gasteiger partial charge in [0.15, 0.2) is 0 Å². The van der Waals surface area contributed by atoms with Gasteiger partial charge in [0, 0.05) is 12.6 Å². The molecular formula is C13H21N3O. The Labute approximate surface area is 103 Å². The van der Waals surface area contributed by atoms with Gasteiger partial charge in [0.2, 0.25) is 5.91 Å². The van der Waals surface area contributed by atoms with Gasteiger partial charge in [-0.15, -0.1) is 0 Å². The van der Waals surface area contributed by atoms with Crippen molar-refractivity contribution in [2.24, 2.45) is 5.73 Å². The number of carbonyl (C=O) groups excluding carboxylic acids is 1. The highest BCUT2D eigenvalue weighted by atomic mass is 16.1. The Morgan fingerprint density at radius 3 is 2.76 bits per heavy atom. The first-order valence-corrected chi connectivity index (χ1v) is 6.14. The summed E-state index contributed by atoms with van der Waals surface area (Å²) in [6.07, 6.45) is 8.14. The fraction of sp³-hybridized carbons (Fsp3) is 0.538. The number of nitrogens with one attached hydrogen (secondary N) is 1. The van der Waals surface area contributed by atoms with Crippen molar-refractivity contribution < 1.29 is 4.79 Å². The number of hydrogen-bond donors (Lipinski definition) is 2. The molecule has 94 valence electrons. The Morgan fingerprint density at radius 2 is 2.06 bits per heavy atom. The van der Waals surface area contributed by atoms with Crippen molar-refractivity contribution in [2.75, 3.05) is 11.9 Å². The summed E-state index contributed by atoms with van der Waals surface area (Å²) >= 11 is 0. The summed E-state index contributed by atoms with van der Waals surface area (Å²) in [5.74, 6) is 0.0603. The zero-order valence-electron chi connectivity index (χ0n) is 10.4. The smallest absolute Gasteiger partial charge is 0.224 e. The summed E-state index contributed by atoms with van der Waals surface area (Å²) in [5, 5.41) is 2.85. The second-order valence-electron chi connectivity index (χ2n) is 4.25. The van der Waals surface area contributed by atoms with Crippen LogP contribution in [-0.4, -0.2) is 17.4 Å². The standard InChI is InChI=1S/C13H21N3O/c1-11-8-12(10-15-9-11)16-13(17)6-4-2-3-5-7-14/h8-10H,2-7,14H2,1H3,(H,16,17). The minimum atomic E-state index is 0.0603. The maximum atomic E-state index is 11.6. The van der Waals surface area contributed by atoms with E-state index in [9.17, 15) is 4.79 Å². The molecule has 0 fully saturated rings. The van der Waals surface area contributed by atoms with Crippen molar-refractivity contribution in [3.05, 3.63) is 24.0 Å². The van der Waals surface area contributed by atoms with Gasteiger partial charge in [-0.25, -0.2) is 0 Å². The molecule has 4 nitrogen and oxygen atoms in total. The van der Waals surface area contributed by atoms with E-state index in [2.05, 4.69) is 10.3 Å². The topological polar surface area (TPSA) is 68.0 Å². The number of carbonyl (C=O) groups is 1. The fourth-order valence-corrected chi connectivity index (χ4v) is 1.63. The second kappa shape index (κ2) is 7.79. The molecule has 17 heavy (non-hydrogen) atoms. The molecule has 0 saturated carbocycles. The predicted octanol–water partition coefficient (Wildman–Crippen LogP) is 2.24. The van der Waals surface area contributed by atoms with E-state index in [1.54, 1.807) is 12.4 Å². The molecule has 1 aromatic rings. The normalized spacial score (nSPS) is 10.2. The molecule has 0 radical (unpaired) electrons. The molecule has 0 atom stereocenters. The average Bonchev–Trinajstić information content (AvgIpc) is 2.29. The molecular weight excluding hydrogens is 214 g/mol. The molecule has 0 aromatic carbocycles. The summed E-state index contributed by atoms with van der Waals surface area (Å²) in [7, 11) is 0. The molecule has 0 aliphatic heterocycles. The Morgan fingerprint density at radius 1 is 1.29 bits per heavy atom.